The summed E-state index contributed by atoms with van der Waals surface area (Å²) in [5.74, 6) is 0.0367. The highest BCUT2D eigenvalue weighted by molar-refractivity contribution is 6.00. The molecule has 0 aliphatic carbocycles. The standard InChI is InChI=1S/C43H58FN5O10/c1-11-31-43(8)35(48-40(54)59-43)26(5)36(52)41(6,44)22-42(7,55-19-13-14-27-17-18-28(46-21-27)29-15-12-16-32(45)47-29)37(24(3)33(50)25(4)38(53)57-31)58-39-34(51)30(49(9)10)20-23(2)56-39/h12,15-18,21,23-26,30-31,34-35,37,39,51H,11,19-20,22H2,1-10H3,(H2,45,47)(H,48,54)/t23-,24+,25-,26-,30+,31-,34-,35+,37-,39+,41+,42-,43-/m1/s1. The van der Waals surface area contributed by atoms with Crippen molar-refractivity contribution in [2.75, 3.05) is 26.4 Å². The molecule has 16 heteroatoms. The molecule has 3 aliphatic rings. The highest BCUT2D eigenvalue weighted by Gasteiger charge is 2.59. The van der Waals surface area contributed by atoms with E-state index in [4.69, 9.17) is 29.4 Å². The van der Waals surface area contributed by atoms with Crippen molar-refractivity contribution < 1.29 is 52.4 Å². The van der Waals surface area contributed by atoms with Crippen LogP contribution in [0.1, 0.15) is 80.2 Å². The molecular weight excluding hydrogens is 765 g/mol. The summed E-state index contributed by atoms with van der Waals surface area (Å²) in [6, 6.07) is 7.17. The molecule has 5 rings (SSSR count). The number of hydrogen-bond donors (Lipinski definition) is 3. The van der Waals surface area contributed by atoms with Crippen molar-refractivity contribution in [1.29, 1.82) is 0 Å². The molecular formula is C43H58FN5O10. The summed E-state index contributed by atoms with van der Waals surface area (Å²) in [6.45, 7) is 11.7. The number of rotatable bonds is 7. The number of halogens is 1. The van der Waals surface area contributed by atoms with Crippen LogP contribution in [0.2, 0.25) is 0 Å². The number of Topliss-reactive ketones (excluding diaryl/α,β-unsaturated/α-hetero) is 2. The van der Waals surface area contributed by atoms with E-state index >= 15 is 4.39 Å². The van der Waals surface area contributed by atoms with Gasteiger partial charge in [-0.15, -0.1) is 0 Å². The van der Waals surface area contributed by atoms with Crippen LogP contribution >= 0.6 is 0 Å². The number of alkyl carbamates (subject to hydrolysis) is 1. The second-order valence-electron chi connectivity index (χ2n) is 16.9. The van der Waals surface area contributed by atoms with E-state index < -0.39 is 101 Å². The van der Waals surface area contributed by atoms with E-state index in [1.165, 1.54) is 34.6 Å². The topological polar surface area (TPSA) is 202 Å². The molecule has 322 valence electrons. The predicted molar refractivity (Wildman–Crippen MR) is 214 cm³/mol. The highest BCUT2D eigenvalue weighted by Crippen LogP contribution is 2.42. The zero-order valence-corrected chi connectivity index (χ0v) is 35.5. The van der Waals surface area contributed by atoms with Crippen LogP contribution in [0, 0.1) is 29.6 Å². The fourth-order valence-corrected chi connectivity index (χ4v) is 8.71. The van der Waals surface area contributed by atoms with E-state index in [0.717, 1.165) is 6.92 Å². The third-order valence-corrected chi connectivity index (χ3v) is 11.9. The van der Waals surface area contributed by atoms with Crippen LogP contribution in [0.25, 0.3) is 11.4 Å². The smallest absolute Gasteiger partial charge is 0.408 e. The molecule has 3 fully saturated rings. The summed E-state index contributed by atoms with van der Waals surface area (Å²) in [5, 5.41) is 14.2. The van der Waals surface area contributed by atoms with Crippen molar-refractivity contribution in [3.05, 3.63) is 42.1 Å². The Kier molecular flexibility index (Phi) is 13.9. The van der Waals surface area contributed by atoms with Gasteiger partial charge >= 0.3 is 12.1 Å². The number of aliphatic hydroxyl groups is 1. The highest BCUT2D eigenvalue weighted by atomic mass is 19.1. The molecule has 4 N–H and O–H groups in total. The number of carbonyl (C=O) groups excluding carboxylic acids is 4. The van der Waals surface area contributed by atoms with Gasteiger partial charge in [-0.2, -0.15) is 0 Å². The van der Waals surface area contributed by atoms with E-state index in [-0.39, 0.29) is 19.1 Å². The maximum atomic E-state index is 17.5. The van der Waals surface area contributed by atoms with E-state index in [0.29, 0.717) is 29.2 Å². The Labute approximate surface area is 345 Å². The summed E-state index contributed by atoms with van der Waals surface area (Å²) >= 11 is 0. The van der Waals surface area contributed by atoms with Gasteiger partial charge in [-0.05, 0) is 85.8 Å². The van der Waals surface area contributed by atoms with E-state index in [9.17, 15) is 24.3 Å². The quantitative estimate of drug-likeness (QED) is 0.205. The number of amides is 1. The molecule has 2 aromatic heterocycles. The van der Waals surface area contributed by atoms with Gasteiger partial charge in [0.1, 0.15) is 30.6 Å². The Morgan fingerprint density at radius 3 is 2.39 bits per heavy atom. The molecule has 5 heterocycles. The van der Waals surface area contributed by atoms with Gasteiger partial charge in [0.15, 0.2) is 29.1 Å². The number of hydrogen-bond acceptors (Lipinski definition) is 14. The van der Waals surface area contributed by atoms with Crippen LogP contribution in [0.15, 0.2) is 36.5 Å². The molecule has 13 atom stereocenters. The molecule has 0 radical (unpaired) electrons. The van der Waals surface area contributed by atoms with Crippen molar-refractivity contribution in [2.45, 2.75) is 134 Å². The van der Waals surface area contributed by atoms with Gasteiger partial charge in [0.05, 0.1) is 35.2 Å². The summed E-state index contributed by atoms with van der Waals surface area (Å²) < 4.78 is 48.2. The van der Waals surface area contributed by atoms with E-state index in [2.05, 4.69) is 27.1 Å². The monoisotopic (exact) mass is 823 g/mol. The average Bonchev–Trinajstić information content (AvgIpc) is 3.50. The first-order valence-corrected chi connectivity index (χ1v) is 20.1. The first-order valence-electron chi connectivity index (χ1n) is 20.1. The van der Waals surface area contributed by atoms with Crippen LogP contribution in [0.5, 0.6) is 0 Å². The molecule has 3 saturated heterocycles. The lowest BCUT2D eigenvalue weighted by atomic mass is 9.72. The van der Waals surface area contributed by atoms with Crippen LogP contribution in [0.4, 0.5) is 15.0 Å². The van der Waals surface area contributed by atoms with Gasteiger partial charge in [0, 0.05) is 36.1 Å². The molecule has 3 aliphatic heterocycles. The number of nitrogens with zero attached hydrogens (tertiary/aromatic N) is 3. The summed E-state index contributed by atoms with van der Waals surface area (Å²) in [5.41, 5.74) is 1.41. The zero-order chi connectivity index (χ0) is 43.6. The number of carbonyl (C=O) groups is 4. The van der Waals surface area contributed by atoms with Crippen molar-refractivity contribution in [1.82, 2.24) is 20.2 Å². The minimum atomic E-state index is -2.67. The fourth-order valence-electron chi connectivity index (χ4n) is 8.71. The van der Waals surface area contributed by atoms with Crippen molar-refractivity contribution in [2.24, 2.45) is 17.8 Å². The number of anilines is 1. The van der Waals surface area contributed by atoms with Gasteiger partial charge in [0.25, 0.3) is 0 Å². The van der Waals surface area contributed by atoms with Gasteiger partial charge in [-0.25, -0.2) is 14.2 Å². The maximum Gasteiger partial charge on any atom is 0.408 e. The Balaban J connectivity index is 1.57. The van der Waals surface area contributed by atoms with Gasteiger partial charge in [0.2, 0.25) is 0 Å². The van der Waals surface area contributed by atoms with Gasteiger partial charge < -0.3 is 44.7 Å². The fraction of sp³-hybridized carbons (Fsp3) is 0.628. The van der Waals surface area contributed by atoms with Crippen LogP contribution < -0.4 is 11.1 Å². The normalized spacial score (nSPS) is 37.0. The first-order chi connectivity index (χ1) is 27.6. The lowest BCUT2D eigenvalue weighted by molar-refractivity contribution is -0.297. The van der Waals surface area contributed by atoms with Crippen molar-refractivity contribution >= 4 is 29.4 Å². The Morgan fingerprint density at radius 2 is 1.76 bits per heavy atom. The summed E-state index contributed by atoms with van der Waals surface area (Å²) in [6.07, 6.45) is -4.80. The third kappa shape index (κ3) is 9.76. The van der Waals surface area contributed by atoms with Gasteiger partial charge in [-0.3, -0.25) is 19.4 Å². The lowest BCUT2D eigenvalue weighted by Gasteiger charge is -2.47. The summed E-state index contributed by atoms with van der Waals surface area (Å²) in [4.78, 5) is 65.9. The summed E-state index contributed by atoms with van der Waals surface area (Å²) in [7, 11) is 3.61. The number of pyridine rings is 2. The third-order valence-electron chi connectivity index (χ3n) is 11.9. The molecule has 2 aromatic rings. The molecule has 1 amide bonds. The Morgan fingerprint density at radius 1 is 1.05 bits per heavy atom. The largest absolute Gasteiger partial charge is 0.458 e. The average molecular weight is 824 g/mol. The molecule has 0 bridgehead atoms. The van der Waals surface area contributed by atoms with Crippen LogP contribution in [0.3, 0.4) is 0 Å². The number of nitrogens with two attached hydrogens (primary N) is 1. The Hall–Kier alpha value is -4.53. The number of ketones is 2. The molecule has 0 saturated carbocycles. The number of aliphatic hydroxyl groups excluding tert-OH is 1. The lowest BCUT2D eigenvalue weighted by Crippen LogP contribution is -2.62. The number of fused-ring (bicyclic) bond motifs is 1. The molecule has 15 nitrogen and oxygen atoms in total. The van der Waals surface area contributed by atoms with Crippen molar-refractivity contribution in [3.63, 3.8) is 0 Å². The number of ether oxygens (including phenoxy) is 5. The molecule has 0 spiro atoms. The minimum Gasteiger partial charge on any atom is -0.458 e. The van der Waals surface area contributed by atoms with Gasteiger partial charge in [-0.1, -0.05) is 38.7 Å². The molecule has 59 heavy (non-hydrogen) atoms. The first kappa shape index (κ1) is 45.6. The van der Waals surface area contributed by atoms with Crippen LogP contribution in [-0.4, -0.2) is 124 Å². The Bertz CT molecular complexity index is 1940. The molecule has 0 aromatic carbocycles. The number of likely N-dealkylation sites (N-methyl/N-ethyl adjacent to an activating group) is 1. The number of aromatic nitrogens is 2. The number of nitrogens with one attached hydrogen (secondary N) is 1. The second kappa shape index (κ2) is 18.0. The maximum absolute atomic E-state index is 17.5. The van der Waals surface area contributed by atoms with E-state index in [1.807, 2.05) is 11.8 Å². The number of cyclic esters (lactones) is 1. The predicted octanol–water partition coefficient (Wildman–Crippen LogP) is 4.03. The molecule has 0 unspecified atom stereocenters. The van der Waals surface area contributed by atoms with Crippen LogP contribution in [-0.2, 0) is 38.1 Å². The SMILES string of the molecule is CC[C@H]1OC(=O)[C@H](C)C(=O)[C@H](C)[C@@H](O[C@@H]2O[C@H](C)C[C@H](N(C)C)[C@H]2O)[C@](C)(OCC#Cc2ccc(-c3cccc(N)n3)nc2)C[C@](C)(F)C(=O)[C@H](C)[C@@H]2NC(=O)O[C@]12C. The second-order valence-corrected chi connectivity index (χ2v) is 16.9. The van der Waals surface area contributed by atoms with E-state index in [1.54, 1.807) is 57.5 Å². The van der Waals surface area contributed by atoms with Crippen molar-refractivity contribution in [3.8, 4) is 23.2 Å². The number of nitrogen functional groups attached to an aromatic ring is 1. The number of esters is 1. The zero-order valence-electron chi connectivity index (χ0n) is 35.5. The number of alkyl halides is 1. The minimum absolute atomic E-state index is 0.151.